The molecule has 2 atom stereocenters. The van der Waals surface area contributed by atoms with Gasteiger partial charge in [-0.1, -0.05) is 0 Å². The molecule has 1 aromatic carbocycles. The zero-order valence-electron chi connectivity index (χ0n) is 19.5. The van der Waals surface area contributed by atoms with Crippen molar-refractivity contribution in [2.24, 2.45) is 0 Å². The van der Waals surface area contributed by atoms with Gasteiger partial charge in [0.05, 0.1) is 19.2 Å². The van der Waals surface area contributed by atoms with E-state index in [-0.39, 0.29) is 31.6 Å². The van der Waals surface area contributed by atoms with E-state index in [1.807, 2.05) is 0 Å². The Labute approximate surface area is 201 Å². The van der Waals surface area contributed by atoms with Gasteiger partial charge in [0.1, 0.15) is 36.8 Å². The number of carboxylic acid groups (broad SMARTS) is 1. The second-order valence-corrected chi connectivity index (χ2v) is 7.63. The van der Waals surface area contributed by atoms with Gasteiger partial charge in [-0.2, -0.15) is 0 Å². The Kier molecular flexibility index (Phi) is 10.6. The van der Waals surface area contributed by atoms with Gasteiger partial charge in [0, 0.05) is 19.5 Å². The van der Waals surface area contributed by atoms with Gasteiger partial charge in [-0.25, -0.2) is 4.79 Å². The van der Waals surface area contributed by atoms with Crippen LogP contribution in [0.15, 0.2) is 18.2 Å². The molecule has 0 radical (unpaired) electrons. The summed E-state index contributed by atoms with van der Waals surface area (Å²) < 4.78 is 15.6. The fourth-order valence-electron chi connectivity index (χ4n) is 3.23. The minimum Gasteiger partial charge on any atom is -0.497 e. The monoisotopic (exact) mass is 494 g/mol. The maximum absolute atomic E-state index is 12.6. The van der Waals surface area contributed by atoms with Crippen molar-refractivity contribution in [2.75, 3.05) is 33.4 Å². The highest BCUT2D eigenvalue weighted by Gasteiger charge is 2.31. The molecule has 4 amide bonds. The van der Waals surface area contributed by atoms with Crippen LogP contribution in [0.2, 0.25) is 0 Å². The van der Waals surface area contributed by atoms with E-state index >= 15 is 0 Å². The molecule has 0 unspecified atom stereocenters. The van der Waals surface area contributed by atoms with Crippen LogP contribution < -0.4 is 30.7 Å². The van der Waals surface area contributed by atoms with Crippen LogP contribution in [-0.4, -0.2) is 80.4 Å². The number of carboxylic acids is 1. The van der Waals surface area contributed by atoms with Crippen LogP contribution in [0.4, 0.5) is 4.79 Å². The molecule has 13 nitrogen and oxygen atoms in total. The number of hydrogen-bond donors (Lipinski definition) is 5. The number of alkyl carbamates (subject to hydrolysis) is 1. The molecular formula is C22H30N4O9. The lowest BCUT2D eigenvalue weighted by molar-refractivity contribution is -0.134. The van der Waals surface area contributed by atoms with Crippen molar-refractivity contribution in [3.63, 3.8) is 0 Å². The number of methoxy groups -OCH3 is 1. The van der Waals surface area contributed by atoms with Crippen LogP contribution in [0.25, 0.3) is 0 Å². The highest BCUT2D eigenvalue weighted by molar-refractivity contribution is 5.97. The first-order valence-corrected chi connectivity index (χ1v) is 11.0. The van der Waals surface area contributed by atoms with Crippen molar-refractivity contribution < 1.29 is 43.3 Å². The van der Waals surface area contributed by atoms with Crippen LogP contribution in [0.1, 0.15) is 36.5 Å². The highest BCUT2D eigenvalue weighted by atomic mass is 16.6. The van der Waals surface area contributed by atoms with Crippen molar-refractivity contribution in [1.82, 2.24) is 21.3 Å². The SMILES string of the molecule is CC(=O)O.COc1ccc2c(c1)OCCNC(=O)[C@@H](NC(=O)[C@@H]1COC(=O)N1)CCCCNC2=O. The number of aliphatic carboxylic acids is 1. The molecule has 2 heterocycles. The zero-order chi connectivity index (χ0) is 25.8. The Morgan fingerprint density at radius 1 is 1.11 bits per heavy atom. The lowest BCUT2D eigenvalue weighted by Crippen LogP contribution is -2.52. The molecular weight excluding hydrogens is 464 g/mol. The number of cyclic esters (lactones) is 1. The van der Waals surface area contributed by atoms with E-state index in [0.29, 0.717) is 42.9 Å². The Balaban J connectivity index is 0.00000100. The Morgan fingerprint density at radius 2 is 1.86 bits per heavy atom. The molecule has 192 valence electrons. The molecule has 13 heteroatoms. The van der Waals surface area contributed by atoms with E-state index in [0.717, 1.165) is 6.92 Å². The number of ether oxygens (including phenoxy) is 3. The summed E-state index contributed by atoms with van der Waals surface area (Å²) >= 11 is 0. The van der Waals surface area contributed by atoms with Crippen molar-refractivity contribution in [3.05, 3.63) is 23.8 Å². The van der Waals surface area contributed by atoms with Gasteiger partial charge in [0.15, 0.2) is 0 Å². The number of carbonyl (C=O) groups excluding carboxylic acids is 4. The molecule has 1 saturated heterocycles. The van der Waals surface area contributed by atoms with Gasteiger partial charge in [-0.05, 0) is 31.4 Å². The Hall–Kier alpha value is -4.03. The average Bonchev–Trinajstić information content (AvgIpc) is 3.26. The van der Waals surface area contributed by atoms with Crippen LogP contribution in [0.3, 0.4) is 0 Å². The van der Waals surface area contributed by atoms with Gasteiger partial charge in [-0.15, -0.1) is 0 Å². The quantitative estimate of drug-likeness (QED) is 0.380. The predicted octanol–water partition coefficient (Wildman–Crippen LogP) is -0.212. The van der Waals surface area contributed by atoms with Crippen molar-refractivity contribution in [1.29, 1.82) is 0 Å². The van der Waals surface area contributed by atoms with E-state index < -0.39 is 30.1 Å². The van der Waals surface area contributed by atoms with E-state index in [4.69, 9.17) is 24.1 Å². The van der Waals surface area contributed by atoms with E-state index in [9.17, 15) is 19.2 Å². The van der Waals surface area contributed by atoms with Gasteiger partial charge >= 0.3 is 6.09 Å². The van der Waals surface area contributed by atoms with Gasteiger partial charge in [0.25, 0.3) is 11.9 Å². The third-order valence-electron chi connectivity index (χ3n) is 4.92. The summed E-state index contributed by atoms with van der Waals surface area (Å²) in [6.45, 7) is 1.69. The summed E-state index contributed by atoms with van der Waals surface area (Å²) in [7, 11) is 1.52. The highest BCUT2D eigenvalue weighted by Crippen LogP contribution is 2.25. The molecule has 0 saturated carbocycles. The summed E-state index contributed by atoms with van der Waals surface area (Å²) in [5.74, 6) is -1.04. The molecule has 1 aromatic rings. The van der Waals surface area contributed by atoms with Gasteiger partial charge < -0.3 is 40.6 Å². The van der Waals surface area contributed by atoms with Crippen LogP contribution in [0, 0.1) is 0 Å². The van der Waals surface area contributed by atoms with E-state index in [1.165, 1.54) is 7.11 Å². The van der Waals surface area contributed by atoms with Crippen molar-refractivity contribution in [2.45, 2.75) is 38.3 Å². The third-order valence-corrected chi connectivity index (χ3v) is 4.92. The number of carbonyl (C=O) groups is 5. The Morgan fingerprint density at radius 3 is 2.51 bits per heavy atom. The summed E-state index contributed by atoms with van der Waals surface area (Å²) in [5.41, 5.74) is 0.384. The summed E-state index contributed by atoms with van der Waals surface area (Å²) in [6.07, 6.45) is 0.920. The third kappa shape index (κ3) is 9.02. The standard InChI is InChI=1S/C20H26N4O7.C2H4O2/c1-29-12-5-6-13-16(10-12)30-9-8-22-18(26)14(4-2-3-7-21-17(13)25)23-19(27)15-11-31-20(28)24-15;1-2(3)4/h5-6,10,14-15H,2-4,7-9,11H2,1H3,(H,21,25)(H,22,26)(H,23,27)(H,24,28);1H3,(H,3,4)/t14-,15-;/m0./s1. The molecule has 5 N–H and O–H groups in total. The topological polar surface area (TPSA) is 181 Å². The number of nitrogens with one attached hydrogen (secondary N) is 4. The number of rotatable bonds is 3. The summed E-state index contributed by atoms with van der Waals surface area (Å²) in [6, 6.07) is 3.31. The predicted molar refractivity (Wildman–Crippen MR) is 121 cm³/mol. The number of fused-ring (bicyclic) bond motifs is 1. The fraction of sp³-hybridized carbons (Fsp3) is 0.500. The zero-order valence-corrected chi connectivity index (χ0v) is 19.5. The smallest absolute Gasteiger partial charge is 0.407 e. The van der Waals surface area contributed by atoms with Crippen molar-refractivity contribution in [3.8, 4) is 11.5 Å². The maximum Gasteiger partial charge on any atom is 0.407 e. The normalized spacial score (nSPS) is 20.6. The molecule has 2 aliphatic rings. The van der Waals surface area contributed by atoms with Crippen LogP contribution in [0.5, 0.6) is 11.5 Å². The molecule has 0 bridgehead atoms. The largest absolute Gasteiger partial charge is 0.497 e. The molecule has 1 fully saturated rings. The van der Waals surface area contributed by atoms with Crippen LogP contribution >= 0.6 is 0 Å². The first-order chi connectivity index (χ1) is 16.7. The molecule has 0 aromatic heterocycles. The maximum atomic E-state index is 12.6. The van der Waals surface area contributed by atoms with Gasteiger partial charge in [-0.3, -0.25) is 19.2 Å². The summed E-state index contributed by atoms with van der Waals surface area (Å²) in [4.78, 5) is 57.6. The fourth-order valence-corrected chi connectivity index (χ4v) is 3.23. The van der Waals surface area contributed by atoms with E-state index in [2.05, 4.69) is 21.3 Å². The minimum atomic E-state index is -0.833. The van der Waals surface area contributed by atoms with Crippen molar-refractivity contribution >= 4 is 29.8 Å². The second kappa shape index (κ2) is 13.6. The molecule has 0 aliphatic carbocycles. The molecule has 2 aliphatic heterocycles. The lowest BCUT2D eigenvalue weighted by atomic mass is 10.1. The number of hydrogen-bond acceptors (Lipinski definition) is 8. The first kappa shape index (κ1) is 27.2. The number of benzene rings is 1. The minimum absolute atomic E-state index is 0.0816. The lowest BCUT2D eigenvalue weighted by Gasteiger charge is -2.21. The molecule has 3 rings (SSSR count). The van der Waals surface area contributed by atoms with E-state index in [1.54, 1.807) is 18.2 Å². The van der Waals surface area contributed by atoms with Crippen LogP contribution in [-0.2, 0) is 19.1 Å². The average molecular weight is 495 g/mol. The first-order valence-electron chi connectivity index (χ1n) is 11.0. The molecule has 0 spiro atoms. The second-order valence-electron chi connectivity index (χ2n) is 7.63. The number of amides is 4. The summed E-state index contributed by atoms with van der Waals surface area (Å²) in [5, 5.41) is 18.0. The van der Waals surface area contributed by atoms with Gasteiger partial charge in [0.2, 0.25) is 11.8 Å². The Bertz CT molecular complexity index is 934. The molecule has 35 heavy (non-hydrogen) atoms.